The number of aromatic amines is 1. The highest BCUT2D eigenvalue weighted by molar-refractivity contribution is 9.10. The number of carbonyl (C=O) groups excluding carboxylic acids is 2. The first kappa shape index (κ1) is 26.8. The van der Waals surface area contributed by atoms with E-state index in [1.165, 1.54) is 30.6 Å². The van der Waals surface area contributed by atoms with E-state index in [0.717, 1.165) is 14.3 Å². The lowest BCUT2D eigenvalue weighted by Gasteiger charge is -2.10. The van der Waals surface area contributed by atoms with Crippen LogP contribution in [0, 0.1) is 13.8 Å². The number of nitrogens with one attached hydrogen (secondary N) is 1. The molecule has 3 aromatic heterocycles. The van der Waals surface area contributed by atoms with Crippen molar-refractivity contribution in [1.82, 2.24) is 13.9 Å². The largest absolute Gasteiger partial charge is 0.462 e. The second-order valence-electron chi connectivity index (χ2n) is 6.52. The van der Waals surface area contributed by atoms with E-state index in [-0.39, 0.29) is 33.3 Å². The summed E-state index contributed by atoms with van der Waals surface area (Å²) in [6, 6.07) is 6.12. The number of aryl methyl sites for hydroxylation is 1. The molecule has 0 aliphatic heterocycles. The van der Waals surface area contributed by atoms with E-state index in [9.17, 15) is 18.0 Å². The maximum Gasteiger partial charge on any atom is 0.340 e. The van der Waals surface area contributed by atoms with Gasteiger partial charge >= 0.3 is 11.9 Å². The minimum absolute atomic E-state index is 0.0415. The summed E-state index contributed by atoms with van der Waals surface area (Å²) in [6.45, 7) is 7.47. The Balaban J connectivity index is 0.000000273. The second-order valence-corrected chi connectivity index (χ2v) is 9.97. The normalized spacial score (nSPS) is 10.8. The van der Waals surface area contributed by atoms with E-state index >= 15 is 0 Å². The molecule has 0 aliphatic rings. The van der Waals surface area contributed by atoms with Crippen LogP contribution in [-0.4, -0.2) is 47.5 Å². The van der Waals surface area contributed by atoms with Crippen LogP contribution in [0.3, 0.4) is 0 Å². The van der Waals surface area contributed by atoms with Gasteiger partial charge in [-0.25, -0.2) is 22.0 Å². The molecule has 0 aromatic carbocycles. The zero-order chi connectivity index (χ0) is 24.8. The Morgan fingerprint density at radius 1 is 1.06 bits per heavy atom. The molecule has 9 nitrogen and oxygen atoms in total. The highest BCUT2D eigenvalue weighted by atomic mass is 79.9. The van der Waals surface area contributed by atoms with Crippen LogP contribution in [0.4, 0.5) is 0 Å². The Kier molecular flexibility index (Phi) is 9.44. The van der Waals surface area contributed by atoms with Crippen LogP contribution in [0.5, 0.6) is 0 Å². The number of esters is 2. The summed E-state index contributed by atoms with van der Waals surface area (Å²) in [5.41, 5.74) is 1.89. The van der Waals surface area contributed by atoms with Gasteiger partial charge in [0, 0.05) is 23.8 Å². The molecule has 0 spiro atoms. The lowest BCUT2D eigenvalue weighted by molar-refractivity contribution is 0.0516. The van der Waals surface area contributed by atoms with Gasteiger partial charge in [-0.15, -0.1) is 0 Å². The molecule has 0 saturated heterocycles. The van der Waals surface area contributed by atoms with Crippen LogP contribution in [-0.2, 0) is 19.5 Å². The van der Waals surface area contributed by atoms with Crippen molar-refractivity contribution in [3.8, 4) is 0 Å². The molecule has 0 aliphatic carbocycles. The first-order valence-electron chi connectivity index (χ1n) is 9.77. The van der Waals surface area contributed by atoms with Gasteiger partial charge in [0.05, 0.1) is 28.9 Å². The second kappa shape index (κ2) is 11.6. The number of hydrogen-bond acceptors (Lipinski definition) is 7. The van der Waals surface area contributed by atoms with E-state index in [0.29, 0.717) is 12.2 Å². The average Bonchev–Trinajstić information content (AvgIpc) is 3.27. The molecule has 3 rings (SSSR count). The van der Waals surface area contributed by atoms with Gasteiger partial charge in [0.15, 0.2) is 0 Å². The standard InChI is InChI=1S/C13H13BrN2O4S.C8H10BrNO2/c1-3-20-13(17)11-7-12(14)16(9(11)2)21(18,19)10-5-4-6-15-8-10;1-3-12-8(11)6-4-7(9)10-5(6)2/h4-8H,3H2,1-2H3;4,10H,3H2,1-2H3. The molecule has 0 amide bonds. The van der Waals surface area contributed by atoms with Gasteiger partial charge in [-0.3, -0.25) is 4.98 Å². The van der Waals surface area contributed by atoms with E-state index < -0.39 is 16.0 Å². The minimum atomic E-state index is -3.83. The Hall–Kier alpha value is -2.44. The number of ether oxygens (including phenoxy) is 2. The molecule has 1 N–H and O–H groups in total. The van der Waals surface area contributed by atoms with E-state index in [4.69, 9.17) is 9.47 Å². The van der Waals surface area contributed by atoms with Crippen LogP contribution in [0.1, 0.15) is 46.0 Å². The molecule has 0 bridgehead atoms. The van der Waals surface area contributed by atoms with Crippen molar-refractivity contribution in [2.45, 2.75) is 32.6 Å². The van der Waals surface area contributed by atoms with Crippen LogP contribution in [0.2, 0.25) is 0 Å². The molecule has 0 saturated carbocycles. The SMILES string of the molecule is CCOC(=O)c1cc(Br)[nH]c1C.CCOC(=O)c1cc(Br)n(S(=O)(=O)c2cccnc2)c1C. The number of rotatable bonds is 6. The summed E-state index contributed by atoms with van der Waals surface area (Å²) in [5.74, 6) is -0.840. The molecule has 33 heavy (non-hydrogen) atoms. The van der Waals surface area contributed by atoms with Gasteiger partial charge in [0.25, 0.3) is 10.0 Å². The molecule has 0 fully saturated rings. The Labute approximate surface area is 208 Å². The third-order valence-electron chi connectivity index (χ3n) is 4.30. The Morgan fingerprint density at radius 3 is 2.15 bits per heavy atom. The predicted molar refractivity (Wildman–Crippen MR) is 129 cm³/mol. The quantitative estimate of drug-likeness (QED) is 0.407. The molecule has 3 aromatic rings. The summed E-state index contributed by atoms with van der Waals surface area (Å²) < 4.78 is 37.1. The first-order chi connectivity index (χ1) is 15.5. The molecule has 0 radical (unpaired) electrons. The van der Waals surface area contributed by atoms with Crippen molar-refractivity contribution in [2.75, 3.05) is 13.2 Å². The molecule has 12 heteroatoms. The number of hydrogen-bond donors (Lipinski definition) is 1. The maximum absolute atomic E-state index is 12.6. The fraction of sp³-hybridized carbons (Fsp3) is 0.286. The average molecular weight is 605 g/mol. The third kappa shape index (κ3) is 6.33. The Bertz CT molecular complexity index is 1240. The van der Waals surface area contributed by atoms with E-state index in [2.05, 4.69) is 41.8 Å². The summed E-state index contributed by atoms with van der Waals surface area (Å²) in [6.07, 6.45) is 2.74. The van der Waals surface area contributed by atoms with Crippen molar-refractivity contribution in [2.24, 2.45) is 0 Å². The third-order valence-corrected chi connectivity index (χ3v) is 7.33. The van der Waals surface area contributed by atoms with Gasteiger partial charge < -0.3 is 14.5 Å². The molecular weight excluding hydrogens is 582 g/mol. The van der Waals surface area contributed by atoms with Crippen LogP contribution in [0.15, 0.2) is 50.8 Å². The number of pyridine rings is 1. The van der Waals surface area contributed by atoms with Crippen LogP contribution in [0.25, 0.3) is 0 Å². The van der Waals surface area contributed by atoms with Gasteiger partial charge in [-0.2, -0.15) is 0 Å². The van der Waals surface area contributed by atoms with Gasteiger partial charge in [-0.05, 0) is 83.8 Å². The summed E-state index contributed by atoms with van der Waals surface area (Å²) in [4.78, 5) is 29.9. The smallest absolute Gasteiger partial charge is 0.340 e. The van der Waals surface area contributed by atoms with Gasteiger partial charge in [0.2, 0.25) is 0 Å². The van der Waals surface area contributed by atoms with Gasteiger partial charge in [-0.1, -0.05) is 0 Å². The highest BCUT2D eigenvalue weighted by Crippen LogP contribution is 2.26. The topological polar surface area (TPSA) is 120 Å². The van der Waals surface area contributed by atoms with Crippen LogP contribution < -0.4 is 0 Å². The van der Waals surface area contributed by atoms with Crippen molar-refractivity contribution in [3.05, 3.63) is 68.4 Å². The number of nitrogens with zero attached hydrogens (tertiary/aromatic N) is 2. The molecule has 178 valence electrons. The zero-order valence-corrected chi connectivity index (χ0v) is 22.4. The van der Waals surface area contributed by atoms with Gasteiger partial charge in [0.1, 0.15) is 9.50 Å². The van der Waals surface area contributed by atoms with E-state index in [1.807, 2.05) is 6.92 Å². The fourth-order valence-electron chi connectivity index (χ4n) is 2.81. The monoisotopic (exact) mass is 603 g/mol. The van der Waals surface area contributed by atoms with Crippen LogP contribution >= 0.6 is 31.9 Å². The van der Waals surface area contributed by atoms with Crippen molar-refractivity contribution in [1.29, 1.82) is 0 Å². The van der Waals surface area contributed by atoms with Crippen molar-refractivity contribution in [3.63, 3.8) is 0 Å². The number of H-pyrrole nitrogens is 1. The number of aromatic nitrogens is 3. The van der Waals surface area contributed by atoms with E-state index in [1.54, 1.807) is 26.8 Å². The minimum Gasteiger partial charge on any atom is -0.462 e. The number of carbonyl (C=O) groups is 2. The molecule has 3 heterocycles. The lowest BCUT2D eigenvalue weighted by Crippen LogP contribution is -2.16. The van der Waals surface area contributed by atoms with Crippen molar-refractivity contribution >= 4 is 53.8 Å². The summed E-state index contributed by atoms with van der Waals surface area (Å²) in [7, 11) is -3.83. The summed E-state index contributed by atoms with van der Waals surface area (Å²) >= 11 is 6.42. The molecular formula is C21H23Br2N3O6S. The van der Waals surface area contributed by atoms with Crippen molar-refractivity contribution < 1.29 is 27.5 Å². The zero-order valence-electron chi connectivity index (χ0n) is 18.4. The molecule has 0 unspecified atom stereocenters. The maximum atomic E-state index is 12.6. The summed E-state index contributed by atoms with van der Waals surface area (Å²) in [5, 5.41) is 0. The number of halogens is 2. The first-order valence-corrected chi connectivity index (χ1v) is 12.8. The lowest BCUT2D eigenvalue weighted by atomic mass is 10.2. The highest BCUT2D eigenvalue weighted by Gasteiger charge is 2.26. The molecule has 0 atom stereocenters. The Morgan fingerprint density at radius 2 is 1.67 bits per heavy atom. The predicted octanol–water partition coefficient (Wildman–Crippen LogP) is 4.63. The fourth-order valence-corrected chi connectivity index (χ4v) is 5.80.